The predicted octanol–water partition coefficient (Wildman–Crippen LogP) is 1.14. The first-order chi connectivity index (χ1) is 5.86. The highest BCUT2D eigenvalue weighted by Gasteiger charge is 2.21. The number of thioether (sulfide) groups is 2. The van der Waals surface area contributed by atoms with E-state index in [4.69, 9.17) is 0 Å². The molecule has 1 aliphatic rings. The van der Waals surface area contributed by atoms with Gasteiger partial charge in [0.05, 0.1) is 0 Å². The molecule has 1 heterocycles. The summed E-state index contributed by atoms with van der Waals surface area (Å²) in [5.74, 6) is 0.860. The number of hydrogen-bond acceptors (Lipinski definition) is 6. The maximum atomic E-state index is 9.92. The maximum Gasteiger partial charge on any atom is 0.236 e. The van der Waals surface area contributed by atoms with Crippen LogP contribution in [-0.4, -0.2) is 28.0 Å². The highest BCUT2D eigenvalue weighted by molar-refractivity contribution is 8.17. The summed E-state index contributed by atoms with van der Waals surface area (Å²) in [5.41, 5.74) is 0. The minimum Gasteiger partial charge on any atom is -0.211 e. The molecule has 2 atom stereocenters. The smallest absolute Gasteiger partial charge is 0.211 e. The molecule has 0 aromatic heterocycles. The third kappa shape index (κ3) is 2.83. The topological polar surface area (TPSA) is 58.9 Å². The number of isocyanates is 2. The lowest BCUT2D eigenvalue weighted by atomic mass is 10.5. The zero-order valence-electron chi connectivity index (χ0n) is 6.10. The monoisotopic (exact) mass is 202 g/mol. The molecule has 4 nitrogen and oxygen atoms in total. The van der Waals surface area contributed by atoms with E-state index in [9.17, 15) is 9.59 Å². The number of aliphatic imine (C=N–C) groups is 2. The second-order valence-electron chi connectivity index (χ2n) is 2.00. The van der Waals surface area contributed by atoms with Gasteiger partial charge in [-0.05, 0) is 12.2 Å². The number of rotatable bonds is 2. The van der Waals surface area contributed by atoms with Crippen LogP contribution in [-0.2, 0) is 9.59 Å². The molecule has 0 saturated carbocycles. The van der Waals surface area contributed by atoms with E-state index in [0.717, 1.165) is 12.2 Å². The van der Waals surface area contributed by atoms with Crippen LogP contribution in [0.5, 0.6) is 0 Å². The third-order valence-corrected chi connectivity index (χ3v) is 3.85. The molecule has 0 amide bonds. The van der Waals surface area contributed by atoms with E-state index in [1.165, 1.54) is 23.9 Å². The van der Waals surface area contributed by atoms with Gasteiger partial charge in [0.25, 0.3) is 0 Å². The lowest BCUT2D eigenvalue weighted by Gasteiger charge is -2.20. The van der Waals surface area contributed by atoms with Gasteiger partial charge in [0, 0.05) is 0 Å². The van der Waals surface area contributed by atoms with Crippen molar-refractivity contribution >= 4 is 35.7 Å². The highest BCUT2D eigenvalue weighted by Crippen LogP contribution is 2.36. The summed E-state index contributed by atoms with van der Waals surface area (Å²) in [7, 11) is 0. The lowest BCUT2D eigenvalue weighted by Crippen LogP contribution is -2.12. The second-order valence-corrected chi connectivity index (χ2v) is 4.75. The van der Waals surface area contributed by atoms with Gasteiger partial charge in [0.1, 0.15) is 5.37 Å². The molecule has 0 radical (unpaired) electrons. The van der Waals surface area contributed by atoms with Gasteiger partial charge < -0.3 is 0 Å². The van der Waals surface area contributed by atoms with Crippen LogP contribution < -0.4 is 0 Å². The molecule has 0 aromatic rings. The first-order valence-electron chi connectivity index (χ1n) is 3.28. The van der Waals surface area contributed by atoms with Crippen molar-refractivity contribution in [2.75, 3.05) is 5.75 Å². The fourth-order valence-electron chi connectivity index (χ4n) is 0.776. The maximum absolute atomic E-state index is 9.92. The summed E-state index contributed by atoms with van der Waals surface area (Å²) in [6.45, 7) is 0. The molecular weight excluding hydrogens is 196 g/mol. The highest BCUT2D eigenvalue weighted by atomic mass is 32.2. The van der Waals surface area contributed by atoms with Crippen molar-refractivity contribution in [3.05, 3.63) is 0 Å². The summed E-state index contributed by atoms with van der Waals surface area (Å²) in [5, 5.41) is -0.0918. The van der Waals surface area contributed by atoms with Gasteiger partial charge in [-0.2, -0.15) is 9.98 Å². The summed E-state index contributed by atoms with van der Waals surface area (Å²) in [4.78, 5) is 26.9. The van der Waals surface area contributed by atoms with Gasteiger partial charge in [0.15, 0.2) is 4.71 Å². The molecule has 0 N–H and O–H groups in total. The van der Waals surface area contributed by atoms with Crippen LogP contribution in [0.1, 0.15) is 6.42 Å². The Kier molecular flexibility index (Phi) is 4.11. The van der Waals surface area contributed by atoms with Gasteiger partial charge >= 0.3 is 0 Å². The average Bonchev–Trinajstić information content (AvgIpc) is 2.06. The van der Waals surface area contributed by atoms with Gasteiger partial charge in [-0.1, -0.05) is 11.8 Å². The molecule has 1 rings (SSSR count). The zero-order valence-corrected chi connectivity index (χ0v) is 7.73. The Morgan fingerprint density at radius 1 is 1.25 bits per heavy atom. The summed E-state index contributed by atoms with van der Waals surface area (Å²) < 4.78 is -0.154. The molecule has 6 heteroatoms. The summed E-state index contributed by atoms with van der Waals surface area (Å²) >= 11 is 2.95. The normalized spacial score (nSPS) is 28.3. The molecule has 0 aliphatic carbocycles. The van der Waals surface area contributed by atoms with Gasteiger partial charge in [-0.25, -0.2) is 9.59 Å². The SMILES string of the molecule is O=C=NC1CCSC(N=C=O)S1. The lowest BCUT2D eigenvalue weighted by molar-refractivity contribution is 0.561. The van der Waals surface area contributed by atoms with E-state index < -0.39 is 0 Å². The van der Waals surface area contributed by atoms with Crippen molar-refractivity contribution in [2.24, 2.45) is 9.98 Å². The van der Waals surface area contributed by atoms with Crippen molar-refractivity contribution in [1.82, 2.24) is 0 Å². The van der Waals surface area contributed by atoms with Crippen LogP contribution in [0, 0.1) is 0 Å². The molecular formula is C6H6N2O2S2. The fourth-order valence-corrected chi connectivity index (χ4v) is 3.32. The third-order valence-electron chi connectivity index (χ3n) is 1.25. The van der Waals surface area contributed by atoms with Crippen molar-refractivity contribution in [1.29, 1.82) is 0 Å². The van der Waals surface area contributed by atoms with Gasteiger partial charge in [-0.15, -0.1) is 11.8 Å². The first kappa shape index (κ1) is 9.55. The Morgan fingerprint density at radius 3 is 2.67 bits per heavy atom. The molecule has 2 unspecified atom stereocenters. The van der Waals surface area contributed by atoms with Gasteiger partial charge in [-0.3, -0.25) is 0 Å². The van der Waals surface area contributed by atoms with Crippen molar-refractivity contribution in [3.63, 3.8) is 0 Å². The molecule has 1 fully saturated rings. The Bertz CT molecular complexity index is 222. The number of carbonyl (C=O) groups excluding carboxylic acids is 2. The van der Waals surface area contributed by atoms with Crippen molar-refractivity contribution < 1.29 is 9.59 Å². The van der Waals surface area contributed by atoms with Crippen LogP contribution in [0.25, 0.3) is 0 Å². The zero-order chi connectivity index (χ0) is 8.81. The van der Waals surface area contributed by atoms with E-state index in [-0.39, 0.29) is 10.1 Å². The standard InChI is InChI=1S/C6H6N2O2S2/c9-3-7-5-1-2-11-6(12-5)8-4-10/h5-6H,1-2H2. The van der Waals surface area contributed by atoms with E-state index in [1.807, 2.05) is 0 Å². The quantitative estimate of drug-likeness (QED) is 0.497. The molecule has 64 valence electrons. The van der Waals surface area contributed by atoms with Crippen LogP contribution in [0.15, 0.2) is 9.98 Å². The minimum atomic E-state index is -0.154. The fraction of sp³-hybridized carbons (Fsp3) is 0.667. The molecule has 0 spiro atoms. The van der Waals surface area contributed by atoms with E-state index >= 15 is 0 Å². The van der Waals surface area contributed by atoms with Crippen molar-refractivity contribution in [2.45, 2.75) is 16.5 Å². The first-order valence-corrected chi connectivity index (χ1v) is 5.27. The van der Waals surface area contributed by atoms with Crippen LogP contribution >= 0.6 is 23.5 Å². The van der Waals surface area contributed by atoms with E-state index in [2.05, 4.69) is 9.98 Å². The summed E-state index contributed by atoms with van der Waals surface area (Å²) in [6, 6.07) is 0. The van der Waals surface area contributed by atoms with Crippen LogP contribution in [0.3, 0.4) is 0 Å². The molecule has 0 bridgehead atoms. The Morgan fingerprint density at radius 2 is 2.00 bits per heavy atom. The number of hydrogen-bond donors (Lipinski definition) is 0. The second kappa shape index (κ2) is 5.17. The van der Waals surface area contributed by atoms with Crippen molar-refractivity contribution in [3.8, 4) is 0 Å². The largest absolute Gasteiger partial charge is 0.236 e. The number of nitrogens with zero attached hydrogens (tertiary/aromatic N) is 2. The molecule has 1 saturated heterocycles. The van der Waals surface area contributed by atoms with Crippen LogP contribution in [0.2, 0.25) is 0 Å². The van der Waals surface area contributed by atoms with Crippen LogP contribution in [0.4, 0.5) is 0 Å². The molecule has 1 aliphatic heterocycles. The average molecular weight is 202 g/mol. The van der Waals surface area contributed by atoms with E-state index in [0.29, 0.717) is 0 Å². The predicted molar refractivity (Wildman–Crippen MR) is 48.5 cm³/mol. The molecule has 0 aromatic carbocycles. The Hall–Kier alpha value is -0.540. The summed E-state index contributed by atoms with van der Waals surface area (Å²) in [6.07, 6.45) is 3.83. The molecule has 12 heavy (non-hydrogen) atoms. The Balaban J connectivity index is 2.50. The minimum absolute atomic E-state index is 0.0918. The van der Waals surface area contributed by atoms with E-state index in [1.54, 1.807) is 11.8 Å². The van der Waals surface area contributed by atoms with Gasteiger partial charge in [0.2, 0.25) is 12.2 Å². The Labute approximate surface area is 77.9 Å².